The molecule has 2 amide bonds. The van der Waals surface area contributed by atoms with Gasteiger partial charge in [-0.25, -0.2) is 0 Å². The van der Waals surface area contributed by atoms with Gasteiger partial charge < -0.3 is 15.5 Å². The smallest absolute Gasteiger partial charge is 0.248 e. The lowest BCUT2D eigenvalue weighted by molar-refractivity contribution is -0.140. The van der Waals surface area contributed by atoms with Crippen LogP contribution in [0.15, 0.2) is 30.3 Å². The zero-order valence-electron chi connectivity index (χ0n) is 14.5. The fourth-order valence-electron chi connectivity index (χ4n) is 3.67. The first kappa shape index (κ1) is 18.1. The molecule has 3 rings (SSSR count). The molecule has 1 heterocycles. The summed E-state index contributed by atoms with van der Waals surface area (Å²) in [4.78, 5) is 26.4. The zero-order valence-corrected chi connectivity index (χ0v) is 15.2. The van der Waals surface area contributed by atoms with Gasteiger partial charge in [-0.3, -0.25) is 9.59 Å². The highest BCUT2D eigenvalue weighted by Gasteiger charge is 2.46. The van der Waals surface area contributed by atoms with Crippen LogP contribution in [0.4, 0.5) is 5.69 Å². The monoisotopic (exact) mass is 363 g/mol. The van der Waals surface area contributed by atoms with E-state index in [1.54, 1.807) is 0 Å². The average molecular weight is 364 g/mol. The Morgan fingerprint density at radius 2 is 1.84 bits per heavy atom. The van der Waals surface area contributed by atoms with Crippen LogP contribution in [0.25, 0.3) is 0 Å². The normalized spacial score (nSPS) is 19.8. The molecule has 2 fully saturated rings. The molecule has 5 nitrogen and oxygen atoms in total. The van der Waals surface area contributed by atoms with Crippen molar-refractivity contribution >= 4 is 29.1 Å². The Morgan fingerprint density at radius 3 is 2.40 bits per heavy atom. The first-order valence-corrected chi connectivity index (χ1v) is 9.62. The van der Waals surface area contributed by atoms with Crippen LogP contribution in [0.1, 0.15) is 32.1 Å². The van der Waals surface area contributed by atoms with Crippen LogP contribution in [-0.2, 0) is 9.59 Å². The molecule has 1 aromatic carbocycles. The van der Waals surface area contributed by atoms with Gasteiger partial charge in [0.2, 0.25) is 11.8 Å². The fraction of sp³-hybridized carbons (Fsp3) is 0.579. The van der Waals surface area contributed by atoms with Gasteiger partial charge in [-0.1, -0.05) is 18.2 Å². The van der Waals surface area contributed by atoms with Crippen molar-refractivity contribution in [3.05, 3.63) is 30.3 Å². The lowest BCUT2D eigenvalue weighted by Crippen LogP contribution is -2.59. The van der Waals surface area contributed by atoms with E-state index in [1.165, 1.54) is 0 Å². The van der Waals surface area contributed by atoms with Gasteiger partial charge in [-0.2, -0.15) is 0 Å². The molecule has 0 bridgehead atoms. The van der Waals surface area contributed by atoms with E-state index >= 15 is 0 Å². The Morgan fingerprint density at radius 1 is 1.16 bits per heavy atom. The van der Waals surface area contributed by atoms with Crippen LogP contribution in [-0.4, -0.2) is 47.8 Å². The number of carbonyl (C=O) groups excluding carboxylic acids is 2. The molecule has 0 aromatic heterocycles. The molecule has 0 atom stereocenters. The molecular weight excluding hydrogens is 338 g/mol. The van der Waals surface area contributed by atoms with Crippen molar-refractivity contribution in [2.75, 3.05) is 30.8 Å². The number of hydrogen-bond donors (Lipinski definition) is 2. The molecule has 1 saturated carbocycles. The molecule has 1 aromatic rings. The summed E-state index contributed by atoms with van der Waals surface area (Å²) in [5.41, 5.74) is 0.579. The van der Waals surface area contributed by atoms with E-state index in [9.17, 15) is 9.59 Å². The molecule has 0 unspecified atom stereocenters. The summed E-state index contributed by atoms with van der Waals surface area (Å²) < 4.78 is 0. The highest BCUT2D eigenvalue weighted by atomic mass is 35.5. The average Bonchev–Trinajstić information content (AvgIpc) is 2.63. The fourth-order valence-corrected chi connectivity index (χ4v) is 3.76. The third-order valence-electron chi connectivity index (χ3n) is 5.38. The lowest BCUT2D eigenvalue weighted by atomic mass is 9.75. The van der Waals surface area contributed by atoms with Crippen LogP contribution in [0, 0.1) is 5.92 Å². The van der Waals surface area contributed by atoms with E-state index in [0.717, 1.165) is 50.9 Å². The molecule has 1 aliphatic heterocycles. The Balaban J connectivity index is 1.53. The highest BCUT2D eigenvalue weighted by molar-refractivity contribution is 6.27. The summed E-state index contributed by atoms with van der Waals surface area (Å²) >= 11 is 5.50. The van der Waals surface area contributed by atoms with Gasteiger partial charge in [0.25, 0.3) is 0 Å². The first-order chi connectivity index (χ1) is 12.1. The van der Waals surface area contributed by atoms with Crippen molar-refractivity contribution < 1.29 is 9.59 Å². The van der Waals surface area contributed by atoms with Crippen molar-refractivity contribution in [2.24, 2.45) is 5.92 Å². The number of piperidine rings is 1. The number of anilines is 1. The maximum Gasteiger partial charge on any atom is 0.248 e. The summed E-state index contributed by atoms with van der Waals surface area (Å²) in [6.45, 7) is 2.18. The minimum absolute atomic E-state index is 0.00497. The molecular formula is C19H26ClN3O2. The van der Waals surface area contributed by atoms with Gasteiger partial charge in [0.05, 0.1) is 0 Å². The standard InChI is InChI=1S/C19H26ClN3O2/c20-13-17(24)21-14-15-7-11-23(12-8-15)18(25)19(9-4-10-19)22-16-5-2-1-3-6-16/h1-3,5-6,15,22H,4,7-14H2,(H,21,24). The Kier molecular flexibility index (Phi) is 5.84. The van der Waals surface area contributed by atoms with Gasteiger partial charge in [-0.15, -0.1) is 11.6 Å². The number of benzene rings is 1. The number of halogens is 1. The largest absolute Gasteiger partial charge is 0.371 e. The molecule has 2 N–H and O–H groups in total. The maximum absolute atomic E-state index is 13.1. The van der Waals surface area contributed by atoms with Gasteiger partial charge in [-0.05, 0) is 50.2 Å². The van der Waals surface area contributed by atoms with Gasteiger partial charge >= 0.3 is 0 Å². The predicted molar refractivity (Wildman–Crippen MR) is 99.7 cm³/mol. The molecule has 25 heavy (non-hydrogen) atoms. The number of hydrogen-bond acceptors (Lipinski definition) is 3. The third kappa shape index (κ3) is 4.27. The third-order valence-corrected chi connectivity index (χ3v) is 5.63. The maximum atomic E-state index is 13.1. The van der Waals surface area contributed by atoms with Crippen molar-refractivity contribution in [3.63, 3.8) is 0 Å². The van der Waals surface area contributed by atoms with E-state index in [4.69, 9.17) is 11.6 Å². The van der Waals surface area contributed by atoms with E-state index in [1.807, 2.05) is 35.2 Å². The number of carbonyl (C=O) groups is 2. The quantitative estimate of drug-likeness (QED) is 0.764. The van der Waals surface area contributed by atoms with E-state index in [0.29, 0.717) is 12.5 Å². The first-order valence-electron chi connectivity index (χ1n) is 9.08. The van der Waals surface area contributed by atoms with Crippen LogP contribution >= 0.6 is 11.6 Å². The number of likely N-dealkylation sites (tertiary alicyclic amines) is 1. The van der Waals surface area contributed by atoms with Gasteiger partial charge in [0, 0.05) is 25.3 Å². The second kappa shape index (κ2) is 8.09. The van der Waals surface area contributed by atoms with Gasteiger partial charge in [0.15, 0.2) is 0 Å². The molecule has 1 saturated heterocycles. The highest BCUT2D eigenvalue weighted by Crippen LogP contribution is 2.37. The number of nitrogens with one attached hydrogen (secondary N) is 2. The molecule has 2 aliphatic rings. The molecule has 1 aliphatic carbocycles. The number of alkyl halides is 1. The summed E-state index contributed by atoms with van der Waals surface area (Å²) in [6.07, 6.45) is 4.73. The predicted octanol–water partition coefficient (Wildman–Crippen LogP) is 2.61. The van der Waals surface area contributed by atoms with Crippen LogP contribution in [0.5, 0.6) is 0 Å². The molecule has 0 spiro atoms. The zero-order chi connectivity index (χ0) is 17.7. The minimum atomic E-state index is -0.430. The van der Waals surface area contributed by atoms with Crippen molar-refractivity contribution in [3.8, 4) is 0 Å². The second-order valence-electron chi connectivity index (χ2n) is 7.10. The van der Waals surface area contributed by atoms with Crippen molar-refractivity contribution in [2.45, 2.75) is 37.6 Å². The summed E-state index contributed by atoms with van der Waals surface area (Å²) in [7, 11) is 0. The van der Waals surface area contributed by atoms with E-state index < -0.39 is 5.54 Å². The van der Waals surface area contributed by atoms with Crippen molar-refractivity contribution in [1.82, 2.24) is 10.2 Å². The van der Waals surface area contributed by atoms with Gasteiger partial charge in [0.1, 0.15) is 11.4 Å². The number of nitrogens with zero attached hydrogens (tertiary/aromatic N) is 1. The number of para-hydroxylation sites is 1. The van der Waals surface area contributed by atoms with Crippen LogP contribution in [0.3, 0.4) is 0 Å². The summed E-state index contributed by atoms with van der Waals surface area (Å²) in [5, 5.41) is 6.33. The number of rotatable bonds is 6. The minimum Gasteiger partial charge on any atom is -0.371 e. The van der Waals surface area contributed by atoms with Crippen molar-refractivity contribution in [1.29, 1.82) is 0 Å². The second-order valence-corrected chi connectivity index (χ2v) is 7.37. The lowest BCUT2D eigenvalue weighted by Gasteiger charge is -2.46. The Labute approximate surface area is 154 Å². The summed E-state index contributed by atoms with van der Waals surface area (Å²) in [5.74, 6) is 0.535. The Bertz CT molecular complexity index is 596. The molecule has 6 heteroatoms. The molecule has 136 valence electrons. The van der Waals surface area contributed by atoms with Crippen LogP contribution in [0.2, 0.25) is 0 Å². The molecule has 0 radical (unpaired) electrons. The Hall–Kier alpha value is -1.75. The van der Waals surface area contributed by atoms with E-state index in [2.05, 4.69) is 10.6 Å². The van der Waals surface area contributed by atoms with E-state index in [-0.39, 0.29) is 17.7 Å². The number of amides is 2. The SMILES string of the molecule is O=C(CCl)NCC1CCN(C(=O)C2(Nc3ccccc3)CCC2)CC1. The van der Waals surface area contributed by atoms with Crippen LogP contribution < -0.4 is 10.6 Å². The topological polar surface area (TPSA) is 61.4 Å². The summed E-state index contributed by atoms with van der Waals surface area (Å²) in [6, 6.07) is 9.98.